The Hall–Kier alpha value is -2.47. The van der Waals surface area contributed by atoms with Crippen molar-refractivity contribution in [3.8, 4) is 5.69 Å². The molecule has 0 aliphatic heterocycles. The summed E-state index contributed by atoms with van der Waals surface area (Å²) in [7, 11) is 0. The molecule has 1 N–H and O–H groups in total. The fourth-order valence-electron chi connectivity index (χ4n) is 2.13. The third kappa shape index (κ3) is 3.17. The van der Waals surface area contributed by atoms with Crippen molar-refractivity contribution in [2.75, 3.05) is 0 Å². The number of aryl methyl sites for hydroxylation is 1. The molecule has 6 nitrogen and oxygen atoms in total. The predicted octanol–water partition coefficient (Wildman–Crippen LogP) is 2.41. The molecule has 0 fully saturated rings. The summed E-state index contributed by atoms with van der Waals surface area (Å²) in [5, 5.41) is 11.4. The molecule has 0 saturated carbocycles. The van der Waals surface area contributed by atoms with Crippen LogP contribution in [0.15, 0.2) is 47.2 Å². The number of hydrogen-bond acceptors (Lipinski definition) is 5. The van der Waals surface area contributed by atoms with Gasteiger partial charge in [-0.05, 0) is 37.6 Å². The quantitative estimate of drug-likeness (QED) is 0.778. The third-order valence-corrected chi connectivity index (χ3v) is 3.27. The lowest BCUT2D eigenvalue weighted by Gasteiger charge is -2.14. The van der Waals surface area contributed by atoms with Gasteiger partial charge in [0.15, 0.2) is 5.82 Å². The average molecular weight is 283 g/mol. The van der Waals surface area contributed by atoms with E-state index in [1.54, 1.807) is 6.20 Å². The minimum Gasteiger partial charge on any atom is -0.338 e. The van der Waals surface area contributed by atoms with E-state index in [1.165, 1.54) is 5.56 Å². The van der Waals surface area contributed by atoms with E-state index in [1.807, 2.05) is 36.0 Å². The summed E-state index contributed by atoms with van der Waals surface area (Å²) in [6.45, 7) is 4.46. The highest BCUT2D eigenvalue weighted by Gasteiger charge is 2.09. The second-order valence-electron chi connectivity index (χ2n) is 4.88. The van der Waals surface area contributed by atoms with Gasteiger partial charge < -0.3 is 9.84 Å². The molecular weight excluding hydrogens is 266 g/mol. The Bertz CT molecular complexity index is 704. The van der Waals surface area contributed by atoms with Crippen LogP contribution >= 0.6 is 0 Å². The molecule has 0 amide bonds. The van der Waals surface area contributed by atoms with E-state index in [0.29, 0.717) is 18.3 Å². The molecule has 6 heteroatoms. The number of hydrogen-bond donors (Lipinski definition) is 1. The molecule has 3 aromatic rings. The molecule has 0 unspecified atom stereocenters. The highest BCUT2D eigenvalue weighted by molar-refractivity contribution is 5.36. The first-order valence-electron chi connectivity index (χ1n) is 6.85. The summed E-state index contributed by atoms with van der Waals surface area (Å²) in [6, 6.07) is 10.3. The molecule has 0 bridgehead atoms. The topological polar surface area (TPSA) is 68.8 Å². The molecule has 21 heavy (non-hydrogen) atoms. The van der Waals surface area contributed by atoms with Gasteiger partial charge in [-0.2, -0.15) is 10.1 Å². The van der Waals surface area contributed by atoms with Crippen molar-refractivity contribution in [3.05, 3.63) is 60.0 Å². The minimum atomic E-state index is 0.174. The zero-order chi connectivity index (χ0) is 14.7. The first kappa shape index (κ1) is 13.5. The van der Waals surface area contributed by atoms with E-state index in [2.05, 4.69) is 39.6 Å². The molecule has 0 spiro atoms. The fraction of sp³-hybridized carbons (Fsp3) is 0.267. The van der Waals surface area contributed by atoms with Gasteiger partial charge >= 0.3 is 0 Å². The number of rotatable bonds is 5. The molecule has 0 aliphatic carbocycles. The van der Waals surface area contributed by atoms with Gasteiger partial charge in [-0.3, -0.25) is 0 Å². The van der Waals surface area contributed by atoms with Crippen molar-refractivity contribution >= 4 is 0 Å². The Kier molecular flexibility index (Phi) is 3.79. The average Bonchev–Trinajstić information content (AvgIpc) is 3.16. The van der Waals surface area contributed by atoms with Crippen LogP contribution in [-0.4, -0.2) is 19.9 Å². The second kappa shape index (κ2) is 5.88. The van der Waals surface area contributed by atoms with E-state index < -0.39 is 0 Å². The Morgan fingerprint density at radius 3 is 2.95 bits per heavy atom. The Labute approximate surface area is 122 Å². The van der Waals surface area contributed by atoms with Crippen molar-refractivity contribution < 1.29 is 4.52 Å². The van der Waals surface area contributed by atoms with Crippen LogP contribution in [0.25, 0.3) is 5.69 Å². The SMILES string of the molecule is Cc1noc(CN[C@H](C)c2cccc(-n3cccn3)c2)n1. The lowest BCUT2D eigenvalue weighted by Crippen LogP contribution is -2.18. The van der Waals surface area contributed by atoms with Gasteiger partial charge in [0.2, 0.25) is 5.89 Å². The van der Waals surface area contributed by atoms with Crippen LogP contribution in [-0.2, 0) is 6.54 Å². The summed E-state index contributed by atoms with van der Waals surface area (Å²) in [4.78, 5) is 4.18. The number of aromatic nitrogens is 4. The molecule has 3 rings (SSSR count). The van der Waals surface area contributed by atoms with Crippen LogP contribution in [0.1, 0.15) is 30.2 Å². The van der Waals surface area contributed by atoms with Crippen molar-refractivity contribution in [2.24, 2.45) is 0 Å². The van der Waals surface area contributed by atoms with Crippen LogP contribution in [0.2, 0.25) is 0 Å². The van der Waals surface area contributed by atoms with Gasteiger partial charge in [-0.25, -0.2) is 4.68 Å². The van der Waals surface area contributed by atoms with Crippen molar-refractivity contribution in [3.63, 3.8) is 0 Å². The molecular formula is C15H17N5O. The third-order valence-electron chi connectivity index (χ3n) is 3.27. The first-order chi connectivity index (χ1) is 10.2. The maximum atomic E-state index is 5.10. The highest BCUT2D eigenvalue weighted by atomic mass is 16.5. The summed E-state index contributed by atoms with van der Waals surface area (Å²) < 4.78 is 6.94. The van der Waals surface area contributed by atoms with Crippen LogP contribution in [0.4, 0.5) is 0 Å². The molecule has 0 radical (unpaired) electrons. The van der Waals surface area contributed by atoms with Gasteiger partial charge in [-0.1, -0.05) is 17.3 Å². The fourth-order valence-corrected chi connectivity index (χ4v) is 2.13. The van der Waals surface area contributed by atoms with Crippen molar-refractivity contribution in [2.45, 2.75) is 26.4 Å². The lowest BCUT2D eigenvalue weighted by atomic mass is 10.1. The zero-order valence-corrected chi connectivity index (χ0v) is 12.0. The Morgan fingerprint density at radius 1 is 1.33 bits per heavy atom. The monoisotopic (exact) mass is 283 g/mol. The van der Waals surface area contributed by atoms with Gasteiger partial charge in [0.05, 0.1) is 12.2 Å². The van der Waals surface area contributed by atoms with Gasteiger partial charge in [0.1, 0.15) is 0 Å². The normalized spacial score (nSPS) is 12.5. The minimum absolute atomic E-state index is 0.174. The maximum absolute atomic E-state index is 5.10. The van der Waals surface area contributed by atoms with E-state index in [9.17, 15) is 0 Å². The van der Waals surface area contributed by atoms with E-state index in [-0.39, 0.29) is 6.04 Å². The standard InChI is InChI=1S/C15H17N5O/c1-11(16-10-15-18-12(2)19-21-15)13-5-3-6-14(9-13)20-8-4-7-17-20/h3-9,11,16H,10H2,1-2H3/t11-/m1/s1. The molecule has 108 valence electrons. The molecule has 1 aromatic carbocycles. The molecule has 2 aromatic heterocycles. The van der Waals surface area contributed by atoms with Gasteiger partial charge in [0.25, 0.3) is 0 Å². The zero-order valence-electron chi connectivity index (χ0n) is 12.0. The lowest BCUT2D eigenvalue weighted by molar-refractivity contribution is 0.357. The molecule has 0 saturated heterocycles. The predicted molar refractivity (Wildman–Crippen MR) is 77.9 cm³/mol. The Balaban J connectivity index is 1.69. The molecule has 0 aliphatic rings. The van der Waals surface area contributed by atoms with Crippen LogP contribution in [0.3, 0.4) is 0 Å². The summed E-state index contributed by atoms with van der Waals surface area (Å²) in [6.07, 6.45) is 3.70. The van der Waals surface area contributed by atoms with Crippen LogP contribution in [0.5, 0.6) is 0 Å². The number of benzene rings is 1. The summed E-state index contributed by atoms with van der Waals surface area (Å²) in [5.74, 6) is 1.25. The number of nitrogens with one attached hydrogen (secondary N) is 1. The van der Waals surface area contributed by atoms with Crippen molar-refractivity contribution in [1.82, 2.24) is 25.2 Å². The molecule has 2 heterocycles. The second-order valence-corrected chi connectivity index (χ2v) is 4.88. The first-order valence-corrected chi connectivity index (χ1v) is 6.85. The highest BCUT2D eigenvalue weighted by Crippen LogP contribution is 2.16. The van der Waals surface area contributed by atoms with E-state index >= 15 is 0 Å². The van der Waals surface area contributed by atoms with Crippen LogP contribution in [0, 0.1) is 6.92 Å². The van der Waals surface area contributed by atoms with Crippen molar-refractivity contribution in [1.29, 1.82) is 0 Å². The van der Waals surface area contributed by atoms with E-state index in [0.717, 1.165) is 5.69 Å². The maximum Gasteiger partial charge on any atom is 0.240 e. The summed E-state index contributed by atoms with van der Waals surface area (Å²) >= 11 is 0. The number of nitrogens with zero attached hydrogens (tertiary/aromatic N) is 4. The van der Waals surface area contributed by atoms with Gasteiger partial charge in [0, 0.05) is 18.4 Å². The molecule has 1 atom stereocenters. The summed E-state index contributed by atoms with van der Waals surface area (Å²) in [5.41, 5.74) is 2.22. The van der Waals surface area contributed by atoms with Gasteiger partial charge in [-0.15, -0.1) is 0 Å². The smallest absolute Gasteiger partial charge is 0.240 e. The van der Waals surface area contributed by atoms with Crippen LogP contribution < -0.4 is 5.32 Å². The Morgan fingerprint density at radius 2 is 2.24 bits per heavy atom. The largest absolute Gasteiger partial charge is 0.338 e. The van der Waals surface area contributed by atoms with E-state index in [4.69, 9.17) is 4.52 Å².